The normalized spacial score (nSPS) is 10.5. The quantitative estimate of drug-likeness (QED) is 0.693. The summed E-state index contributed by atoms with van der Waals surface area (Å²) in [5.41, 5.74) is 0.331. The predicted octanol–water partition coefficient (Wildman–Crippen LogP) is 2.25. The van der Waals surface area contributed by atoms with Crippen LogP contribution in [-0.2, 0) is 0 Å². The first-order valence-corrected chi connectivity index (χ1v) is 3.46. The van der Waals surface area contributed by atoms with Gasteiger partial charge in [-0.2, -0.15) is 0 Å². The van der Waals surface area contributed by atoms with Gasteiger partial charge < -0.3 is 5.11 Å². The lowest BCUT2D eigenvalue weighted by atomic mass is 10.1. The molecule has 0 atom stereocenters. The summed E-state index contributed by atoms with van der Waals surface area (Å²) >= 11 is 5.65. The first-order chi connectivity index (χ1) is 5.65. The zero-order valence-electron chi connectivity index (χ0n) is 6.93. The van der Waals surface area contributed by atoms with Crippen molar-refractivity contribution in [2.45, 2.75) is 6.92 Å². The number of phenols is 1. The van der Waals surface area contributed by atoms with Gasteiger partial charge >= 0.3 is 0 Å². The molecule has 1 aromatic rings. The molecular weight excluding hydrogens is 164 g/mol. The van der Waals surface area contributed by atoms with Gasteiger partial charge in [-0.15, -0.1) is 0 Å². The van der Waals surface area contributed by atoms with Crippen molar-refractivity contribution in [1.29, 1.82) is 1.43 Å². The predicted molar refractivity (Wildman–Crippen MR) is 43.1 cm³/mol. The summed E-state index contributed by atoms with van der Waals surface area (Å²) in [4.78, 5) is 11.0. The fraction of sp³-hybridized carbons (Fsp3) is 0.125. The number of carbonyl (C=O) groups excluding carboxylic acids is 1. The molecule has 0 bridgehead atoms. The van der Waals surface area contributed by atoms with Crippen LogP contribution in [0.2, 0.25) is 5.02 Å². The molecule has 3 heteroatoms. The van der Waals surface area contributed by atoms with Crippen LogP contribution in [0.5, 0.6) is 5.75 Å². The van der Waals surface area contributed by atoms with Crippen molar-refractivity contribution in [2.24, 2.45) is 0 Å². The van der Waals surface area contributed by atoms with E-state index >= 15 is 0 Å². The monoisotopic (exact) mass is 171 g/mol. The van der Waals surface area contributed by atoms with E-state index in [9.17, 15) is 4.79 Å². The molecule has 2 nitrogen and oxygen atoms in total. The summed E-state index contributed by atoms with van der Waals surface area (Å²) in [7, 11) is 0. The Morgan fingerprint density at radius 3 is 3.00 bits per heavy atom. The third-order valence-electron chi connectivity index (χ3n) is 1.32. The van der Waals surface area contributed by atoms with Crippen molar-refractivity contribution in [3.63, 3.8) is 0 Å². The summed E-state index contributed by atoms with van der Waals surface area (Å²) in [5.74, 6) is 0.0617. The highest BCUT2D eigenvalue weighted by atomic mass is 35.5. The lowest BCUT2D eigenvalue weighted by Gasteiger charge is -1.99. The molecule has 0 spiro atoms. The lowest BCUT2D eigenvalue weighted by Crippen LogP contribution is -1.91. The number of halogens is 1. The van der Waals surface area contributed by atoms with Crippen LogP contribution in [0.4, 0.5) is 0 Å². The van der Waals surface area contributed by atoms with E-state index in [1.54, 1.807) is 6.07 Å². The Labute approximate surface area is 70.9 Å². The van der Waals surface area contributed by atoms with Gasteiger partial charge in [-0.1, -0.05) is 11.6 Å². The molecule has 0 heterocycles. The van der Waals surface area contributed by atoms with Crippen LogP contribution in [0.1, 0.15) is 17.3 Å². The first-order valence-electron chi connectivity index (χ1n) is 3.49. The lowest BCUT2D eigenvalue weighted by molar-refractivity contribution is 0.101. The highest BCUT2D eigenvalue weighted by Crippen LogP contribution is 2.21. The fourth-order valence-electron chi connectivity index (χ4n) is 0.777. The third-order valence-corrected chi connectivity index (χ3v) is 1.56. The van der Waals surface area contributed by atoms with Gasteiger partial charge in [-0.05, 0) is 25.1 Å². The second kappa shape index (κ2) is 2.93. The van der Waals surface area contributed by atoms with Crippen molar-refractivity contribution in [2.75, 3.05) is 0 Å². The van der Waals surface area contributed by atoms with E-state index < -0.39 is 0 Å². The SMILES string of the molecule is [2H]Oc1ccc(Cl)cc1C(C)=O. The average molecular weight is 172 g/mol. The van der Waals surface area contributed by atoms with E-state index in [4.69, 9.17) is 13.0 Å². The number of hydrogen-bond acceptors (Lipinski definition) is 2. The maximum atomic E-state index is 11.0. The fourth-order valence-corrected chi connectivity index (χ4v) is 0.949. The molecule has 0 aromatic heterocycles. The van der Waals surface area contributed by atoms with Crippen LogP contribution in [0, 0.1) is 0 Å². The van der Waals surface area contributed by atoms with Crippen molar-refractivity contribution >= 4 is 17.4 Å². The molecule has 58 valence electrons. The molecule has 0 fully saturated rings. The number of benzene rings is 1. The van der Waals surface area contributed by atoms with E-state index in [1.807, 2.05) is 0 Å². The van der Waals surface area contributed by atoms with Gasteiger partial charge in [0, 0.05) is 5.02 Å². The summed E-state index contributed by atoms with van der Waals surface area (Å²) in [5, 5.41) is 4.69. The number of Topliss-reactive ketones (excluding diaryl/α,β-unsaturated/α-hetero) is 1. The molecule has 0 aliphatic rings. The standard InChI is InChI=1S/C8H7ClO2/c1-5(10)7-4-6(9)2-3-8(7)11/h2-4,11H,1H3/i/hD. The second-order valence-corrected chi connectivity index (χ2v) is 2.63. The van der Waals surface area contributed by atoms with E-state index in [0.717, 1.165) is 0 Å². The maximum absolute atomic E-state index is 11.0. The largest absolute Gasteiger partial charge is 0.507 e. The summed E-state index contributed by atoms with van der Waals surface area (Å²) in [6.07, 6.45) is 0. The van der Waals surface area contributed by atoms with Crippen LogP contribution in [-0.4, -0.2) is 12.3 Å². The van der Waals surface area contributed by atoms with E-state index in [0.29, 0.717) is 10.6 Å². The third kappa shape index (κ3) is 1.71. The number of ketones is 1. The Morgan fingerprint density at radius 1 is 1.73 bits per heavy atom. The number of rotatable bonds is 2. The van der Waals surface area contributed by atoms with Crippen molar-refractivity contribution in [3.8, 4) is 5.75 Å². The van der Waals surface area contributed by atoms with E-state index in [-0.39, 0.29) is 11.5 Å². The molecule has 11 heavy (non-hydrogen) atoms. The first kappa shape index (κ1) is 6.68. The minimum atomic E-state index is -0.167. The van der Waals surface area contributed by atoms with Gasteiger partial charge in [0.1, 0.15) is 5.75 Å². The number of carbonyl (C=O) groups is 1. The second-order valence-electron chi connectivity index (χ2n) is 2.20. The number of aromatic hydroxyl groups is 1. The number of hydrogen-bond donors (Lipinski definition) is 1. The van der Waals surface area contributed by atoms with Crippen molar-refractivity contribution in [3.05, 3.63) is 28.8 Å². The van der Waals surface area contributed by atoms with Gasteiger partial charge in [0.25, 0.3) is 1.43 Å². The molecule has 1 aromatic carbocycles. The molecule has 0 saturated carbocycles. The molecule has 0 amide bonds. The van der Waals surface area contributed by atoms with Crippen molar-refractivity contribution < 1.29 is 9.90 Å². The summed E-state index contributed by atoms with van der Waals surface area (Å²) < 4.78 is 6.65. The highest BCUT2D eigenvalue weighted by molar-refractivity contribution is 6.31. The molecule has 0 radical (unpaired) electrons. The number of phenolic OH excluding ortho intramolecular Hbond substituents is 1. The highest BCUT2D eigenvalue weighted by Gasteiger charge is 2.05. The van der Waals surface area contributed by atoms with Crippen LogP contribution in [0.15, 0.2) is 18.2 Å². The topological polar surface area (TPSA) is 37.3 Å². The van der Waals surface area contributed by atoms with Gasteiger partial charge in [0.2, 0.25) is 0 Å². The Morgan fingerprint density at radius 2 is 2.45 bits per heavy atom. The van der Waals surface area contributed by atoms with Crippen LogP contribution < -0.4 is 0 Å². The van der Waals surface area contributed by atoms with Crippen LogP contribution in [0.3, 0.4) is 0 Å². The van der Waals surface area contributed by atoms with E-state index in [1.165, 1.54) is 19.1 Å². The Balaban J connectivity index is 3.21. The zero-order valence-corrected chi connectivity index (χ0v) is 6.68. The van der Waals surface area contributed by atoms with Gasteiger partial charge in [0.05, 0.1) is 5.56 Å². The zero-order chi connectivity index (χ0) is 9.14. The van der Waals surface area contributed by atoms with Gasteiger partial charge in [0.15, 0.2) is 5.78 Å². The Bertz CT molecular complexity index is 312. The maximum Gasteiger partial charge on any atom is 0.293 e. The minimum absolute atomic E-state index is 0.167. The summed E-state index contributed by atoms with van der Waals surface area (Å²) in [6.45, 7) is 1.40. The average Bonchev–Trinajstić information content (AvgIpc) is 2.04. The molecule has 0 saturated heterocycles. The van der Waals surface area contributed by atoms with Crippen molar-refractivity contribution in [1.82, 2.24) is 0 Å². The van der Waals surface area contributed by atoms with Gasteiger partial charge in [-0.25, -0.2) is 0 Å². The molecule has 0 unspecified atom stereocenters. The summed E-state index contributed by atoms with van der Waals surface area (Å²) in [6, 6.07) is 4.54. The van der Waals surface area contributed by atoms with E-state index in [2.05, 4.69) is 5.11 Å². The van der Waals surface area contributed by atoms with Gasteiger partial charge in [-0.3, -0.25) is 4.79 Å². The van der Waals surface area contributed by atoms with Crippen LogP contribution in [0.25, 0.3) is 0 Å². The minimum Gasteiger partial charge on any atom is -0.507 e. The molecule has 0 aliphatic heterocycles. The molecule has 1 rings (SSSR count). The Hall–Kier alpha value is -1.02. The molecule has 1 N–H and O–H groups in total. The Kier molecular flexibility index (Phi) is 1.78. The molecule has 0 aliphatic carbocycles. The van der Waals surface area contributed by atoms with Crippen LogP contribution >= 0.6 is 11.6 Å². The smallest absolute Gasteiger partial charge is 0.293 e. The molecular formula is C8H7ClO2.